The van der Waals surface area contributed by atoms with Crippen molar-refractivity contribution in [1.29, 1.82) is 0 Å². The number of amides is 1. The van der Waals surface area contributed by atoms with Gasteiger partial charge in [-0.2, -0.15) is 0 Å². The van der Waals surface area contributed by atoms with Crippen LogP contribution in [0.3, 0.4) is 0 Å². The van der Waals surface area contributed by atoms with Crippen LogP contribution in [0.15, 0.2) is 18.2 Å². The zero-order chi connectivity index (χ0) is 21.3. The topological polar surface area (TPSA) is 85.3 Å². The molecule has 7 nitrogen and oxygen atoms in total. The SMILES string of the molecule is CCOC(=O)[C@@]1(c2ccc(OC)c(I)c2)N(C(=O)OC(C)(C)C)CC[C@@]1(C)O. The zero-order valence-corrected chi connectivity index (χ0v) is 19.3. The molecule has 1 fully saturated rings. The van der Waals surface area contributed by atoms with Crippen molar-refractivity contribution >= 4 is 34.7 Å². The van der Waals surface area contributed by atoms with Crippen molar-refractivity contribution < 1.29 is 28.9 Å². The monoisotopic (exact) mass is 505 g/mol. The van der Waals surface area contributed by atoms with Gasteiger partial charge >= 0.3 is 12.1 Å². The lowest BCUT2D eigenvalue weighted by molar-refractivity contribution is -0.170. The van der Waals surface area contributed by atoms with Crippen LogP contribution < -0.4 is 4.74 Å². The molecule has 1 amide bonds. The number of ether oxygens (including phenoxy) is 3. The minimum atomic E-state index is -1.72. The number of halogens is 1. The Morgan fingerprint density at radius 3 is 2.46 bits per heavy atom. The molecular formula is C20H28INO6. The minimum absolute atomic E-state index is 0.117. The van der Waals surface area contributed by atoms with Gasteiger partial charge in [0.15, 0.2) is 5.54 Å². The molecule has 0 radical (unpaired) electrons. The van der Waals surface area contributed by atoms with Gasteiger partial charge in [0.25, 0.3) is 0 Å². The molecule has 0 aliphatic carbocycles. The lowest BCUT2D eigenvalue weighted by atomic mass is 9.76. The molecule has 0 saturated carbocycles. The van der Waals surface area contributed by atoms with E-state index in [0.717, 1.165) is 3.57 Å². The molecule has 8 heteroatoms. The summed E-state index contributed by atoms with van der Waals surface area (Å²) in [6.45, 7) is 8.76. The van der Waals surface area contributed by atoms with E-state index in [1.807, 2.05) is 0 Å². The predicted octanol–water partition coefficient (Wildman–Crippen LogP) is 3.45. The highest BCUT2D eigenvalue weighted by molar-refractivity contribution is 14.1. The van der Waals surface area contributed by atoms with Crippen LogP contribution >= 0.6 is 22.6 Å². The van der Waals surface area contributed by atoms with Crippen LogP contribution in [0.4, 0.5) is 4.79 Å². The largest absolute Gasteiger partial charge is 0.496 e. The van der Waals surface area contributed by atoms with Gasteiger partial charge in [-0.3, -0.25) is 4.90 Å². The van der Waals surface area contributed by atoms with E-state index in [0.29, 0.717) is 11.3 Å². The molecule has 1 aliphatic rings. The van der Waals surface area contributed by atoms with Crippen LogP contribution in [-0.4, -0.2) is 53.5 Å². The third kappa shape index (κ3) is 3.94. The number of aliphatic hydroxyl groups is 1. The number of hydrogen-bond acceptors (Lipinski definition) is 6. The number of likely N-dealkylation sites (tertiary alicyclic amines) is 1. The summed E-state index contributed by atoms with van der Waals surface area (Å²) in [4.78, 5) is 27.6. The number of hydrogen-bond donors (Lipinski definition) is 1. The predicted molar refractivity (Wildman–Crippen MR) is 112 cm³/mol. The highest BCUT2D eigenvalue weighted by atomic mass is 127. The maximum Gasteiger partial charge on any atom is 0.411 e. The van der Waals surface area contributed by atoms with Crippen molar-refractivity contribution in [1.82, 2.24) is 4.90 Å². The Morgan fingerprint density at radius 1 is 1.32 bits per heavy atom. The maximum absolute atomic E-state index is 13.3. The summed E-state index contributed by atoms with van der Waals surface area (Å²) in [7, 11) is 1.55. The van der Waals surface area contributed by atoms with Crippen molar-refractivity contribution in [3.05, 3.63) is 27.3 Å². The Bertz CT molecular complexity index is 758. The second-order valence-electron chi connectivity index (χ2n) is 7.94. The van der Waals surface area contributed by atoms with E-state index in [1.165, 1.54) is 4.90 Å². The first-order valence-corrected chi connectivity index (χ1v) is 10.2. The third-order valence-electron chi connectivity index (χ3n) is 4.76. The average molecular weight is 505 g/mol. The van der Waals surface area contributed by atoms with Crippen molar-refractivity contribution in [2.24, 2.45) is 0 Å². The Labute approximate surface area is 179 Å². The summed E-state index contributed by atoms with van der Waals surface area (Å²) < 4.78 is 16.9. The molecule has 1 aromatic carbocycles. The Hall–Kier alpha value is -1.55. The van der Waals surface area contributed by atoms with Crippen molar-refractivity contribution in [3.8, 4) is 5.75 Å². The number of esters is 1. The first-order valence-electron chi connectivity index (χ1n) is 9.15. The van der Waals surface area contributed by atoms with Gasteiger partial charge in [-0.15, -0.1) is 0 Å². The number of methoxy groups -OCH3 is 1. The molecule has 0 aromatic heterocycles. The molecular weight excluding hydrogens is 477 g/mol. The molecule has 2 atom stereocenters. The maximum atomic E-state index is 13.3. The number of carbonyl (C=O) groups excluding carboxylic acids is 2. The van der Waals surface area contributed by atoms with E-state index in [2.05, 4.69) is 22.6 Å². The van der Waals surface area contributed by atoms with Crippen LogP contribution in [0, 0.1) is 3.57 Å². The molecule has 0 unspecified atom stereocenters. The normalized spacial score (nSPS) is 24.8. The van der Waals surface area contributed by atoms with Crippen LogP contribution in [0.25, 0.3) is 0 Å². The molecule has 2 rings (SSSR count). The van der Waals surface area contributed by atoms with Crippen LogP contribution in [0.5, 0.6) is 5.75 Å². The van der Waals surface area contributed by atoms with Crippen molar-refractivity contribution in [3.63, 3.8) is 0 Å². The molecule has 1 aromatic rings. The van der Waals surface area contributed by atoms with Crippen LogP contribution in [0.2, 0.25) is 0 Å². The molecule has 28 heavy (non-hydrogen) atoms. The van der Waals surface area contributed by atoms with Gasteiger partial charge in [0.05, 0.1) is 17.3 Å². The zero-order valence-electron chi connectivity index (χ0n) is 17.2. The summed E-state index contributed by atoms with van der Waals surface area (Å²) >= 11 is 2.09. The summed E-state index contributed by atoms with van der Waals surface area (Å²) in [5.74, 6) is -0.0610. The van der Waals surface area contributed by atoms with Gasteiger partial charge < -0.3 is 19.3 Å². The smallest absolute Gasteiger partial charge is 0.411 e. The second-order valence-corrected chi connectivity index (χ2v) is 9.10. The van der Waals surface area contributed by atoms with E-state index < -0.39 is 28.8 Å². The highest BCUT2D eigenvalue weighted by Crippen LogP contribution is 2.48. The lowest BCUT2D eigenvalue weighted by Gasteiger charge is -2.43. The molecule has 156 valence electrons. The number of carbonyl (C=O) groups is 2. The van der Waals surface area contributed by atoms with Gasteiger partial charge in [0.1, 0.15) is 17.0 Å². The molecule has 1 saturated heterocycles. The number of rotatable bonds is 4. The van der Waals surface area contributed by atoms with E-state index >= 15 is 0 Å². The van der Waals surface area contributed by atoms with Crippen LogP contribution in [-0.2, 0) is 19.8 Å². The molecule has 0 spiro atoms. The van der Waals surface area contributed by atoms with Crippen molar-refractivity contribution in [2.75, 3.05) is 20.3 Å². The van der Waals surface area contributed by atoms with E-state index in [-0.39, 0.29) is 19.6 Å². The van der Waals surface area contributed by atoms with Gasteiger partial charge in [0.2, 0.25) is 0 Å². The van der Waals surface area contributed by atoms with Gasteiger partial charge in [0, 0.05) is 6.54 Å². The van der Waals surface area contributed by atoms with E-state index in [9.17, 15) is 14.7 Å². The Kier molecular flexibility index (Phi) is 6.54. The summed E-state index contributed by atoms with van der Waals surface area (Å²) in [5, 5.41) is 11.3. The summed E-state index contributed by atoms with van der Waals surface area (Å²) in [6, 6.07) is 5.11. The van der Waals surface area contributed by atoms with E-state index in [4.69, 9.17) is 14.2 Å². The van der Waals surface area contributed by atoms with Gasteiger partial charge in [-0.05, 0) is 81.3 Å². The highest BCUT2D eigenvalue weighted by Gasteiger charge is 2.65. The fraction of sp³-hybridized carbons (Fsp3) is 0.600. The minimum Gasteiger partial charge on any atom is -0.496 e. The number of nitrogens with zero attached hydrogens (tertiary/aromatic N) is 1. The quantitative estimate of drug-likeness (QED) is 0.499. The fourth-order valence-corrected chi connectivity index (χ4v) is 4.29. The number of benzene rings is 1. The summed E-state index contributed by atoms with van der Waals surface area (Å²) in [5.41, 5.74) is -3.57. The lowest BCUT2D eigenvalue weighted by Crippen LogP contribution is -2.61. The second kappa shape index (κ2) is 8.06. The van der Waals surface area contributed by atoms with Crippen LogP contribution in [0.1, 0.15) is 46.6 Å². The van der Waals surface area contributed by atoms with E-state index in [1.54, 1.807) is 59.9 Å². The molecule has 1 N–H and O–H groups in total. The Morgan fingerprint density at radius 2 is 1.96 bits per heavy atom. The third-order valence-corrected chi connectivity index (χ3v) is 5.60. The summed E-state index contributed by atoms with van der Waals surface area (Å²) in [6.07, 6.45) is -0.475. The Balaban J connectivity index is 2.70. The average Bonchev–Trinajstić information content (AvgIpc) is 2.85. The van der Waals surface area contributed by atoms with Gasteiger partial charge in [-0.25, -0.2) is 9.59 Å². The molecule has 1 aliphatic heterocycles. The first kappa shape index (κ1) is 22.7. The molecule has 1 heterocycles. The first-order chi connectivity index (χ1) is 12.9. The fourth-order valence-electron chi connectivity index (χ4n) is 3.56. The van der Waals surface area contributed by atoms with Crippen molar-refractivity contribution in [2.45, 2.75) is 57.8 Å². The molecule has 0 bridgehead atoms. The standard InChI is InChI=1S/C20H28INO6/c1-7-27-16(23)20(13-8-9-15(26-6)14(21)12-13)19(5,25)10-11-22(20)17(24)28-18(2,3)4/h8-9,12,25H,7,10-11H2,1-6H3/t19-,20-/m1/s1. The van der Waals surface area contributed by atoms with Gasteiger partial charge in [-0.1, -0.05) is 6.07 Å².